The molecule has 0 bridgehead atoms. The first-order chi connectivity index (χ1) is 15.3. The van der Waals surface area contributed by atoms with Gasteiger partial charge in [0.15, 0.2) is 5.13 Å². The van der Waals surface area contributed by atoms with Gasteiger partial charge in [0.25, 0.3) is 10.0 Å². The topological polar surface area (TPSA) is 80.3 Å². The molecular weight excluding hydrogens is 496 g/mol. The summed E-state index contributed by atoms with van der Waals surface area (Å²) < 4.78 is 47.9. The zero-order valence-electron chi connectivity index (χ0n) is 17.2. The molecule has 0 fully saturated rings. The molecule has 0 aliphatic carbocycles. The monoisotopic (exact) mass is 517 g/mol. The van der Waals surface area contributed by atoms with Crippen LogP contribution in [0.5, 0.6) is 11.5 Å². The molecule has 3 aromatic rings. The van der Waals surface area contributed by atoms with Crippen LogP contribution in [0.25, 0.3) is 0 Å². The van der Waals surface area contributed by atoms with Crippen molar-refractivity contribution in [1.82, 2.24) is 10.3 Å². The van der Waals surface area contributed by atoms with Crippen LogP contribution in [-0.2, 0) is 16.4 Å². The molecule has 172 valence electrons. The summed E-state index contributed by atoms with van der Waals surface area (Å²) in [5.41, 5.74) is 0.842. The largest absolute Gasteiger partial charge is 0.455 e. The third-order valence-corrected chi connectivity index (χ3v) is 7.10. The van der Waals surface area contributed by atoms with E-state index in [0.29, 0.717) is 17.2 Å². The highest BCUT2D eigenvalue weighted by molar-refractivity contribution is 7.93. The van der Waals surface area contributed by atoms with Crippen molar-refractivity contribution in [3.63, 3.8) is 0 Å². The smallest absolute Gasteiger partial charge is 0.266 e. The highest BCUT2D eigenvalue weighted by Crippen LogP contribution is 2.36. The molecule has 0 atom stereocenters. The number of anilines is 1. The Hall–Kier alpha value is -1.91. The van der Waals surface area contributed by atoms with Crippen LogP contribution in [0.15, 0.2) is 46.8 Å². The van der Waals surface area contributed by atoms with Crippen LogP contribution in [0.2, 0.25) is 10.0 Å². The van der Waals surface area contributed by atoms with Crippen molar-refractivity contribution in [2.24, 2.45) is 0 Å². The number of hydrogen-bond acceptors (Lipinski definition) is 6. The predicted molar refractivity (Wildman–Crippen MR) is 127 cm³/mol. The molecule has 11 heteroatoms. The molecule has 1 heterocycles. The molecule has 0 aliphatic rings. The third kappa shape index (κ3) is 6.55. The molecule has 0 amide bonds. The first-order valence-corrected chi connectivity index (χ1v) is 13.0. The summed E-state index contributed by atoms with van der Waals surface area (Å²) in [6, 6.07) is 7.11. The van der Waals surface area contributed by atoms with Crippen LogP contribution in [0.1, 0.15) is 25.3 Å². The normalized spacial score (nSPS) is 11.5. The number of sulfonamides is 1. The molecule has 32 heavy (non-hydrogen) atoms. The molecule has 1 aromatic heterocycles. The molecule has 2 N–H and O–H groups in total. The maximum atomic E-state index is 14.7. The Bertz CT molecular complexity index is 1160. The van der Waals surface area contributed by atoms with E-state index in [2.05, 4.69) is 21.9 Å². The highest BCUT2D eigenvalue weighted by atomic mass is 35.5. The summed E-state index contributed by atoms with van der Waals surface area (Å²) in [7, 11) is -4.20. The molecule has 0 saturated heterocycles. The summed E-state index contributed by atoms with van der Waals surface area (Å²) in [6.07, 6.45) is 4.04. The SMILES string of the molecule is CCCNCCCc1cc(Cl)ccc1Oc1cc(F)c(S(=O)(=O)Nc2nccs2)cc1Cl. The van der Waals surface area contributed by atoms with Gasteiger partial charge in [0.1, 0.15) is 22.2 Å². The molecule has 0 aliphatic heterocycles. The van der Waals surface area contributed by atoms with Gasteiger partial charge < -0.3 is 10.1 Å². The Morgan fingerprint density at radius 3 is 2.69 bits per heavy atom. The first-order valence-electron chi connectivity index (χ1n) is 9.88. The van der Waals surface area contributed by atoms with Crippen LogP contribution in [-0.4, -0.2) is 26.5 Å². The van der Waals surface area contributed by atoms with E-state index in [4.69, 9.17) is 27.9 Å². The van der Waals surface area contributed by atoms with E-state index in [1.54, 1.807) is 23.6 Å². The van der Waals surface area contributed by atoms with E-state index in [1.807, 2.05) is 0 Å². The number of thiazole rings is 1. The van der Waals surface area contributed by atoms with E-state index < -0.39 is 20.7 Å². The lowest BCUT2D eigenvalue weighted by molar-refractivity contribution is 0.466. The zero-order valence-corrected chi connectivity index (χ0v) is 20.3. The molecule has 6 nitrogen and oxygen atoms in total. The second-order valence-electron chi connectivity index (χ2n) is 6.86. The molecule has 0 saturated carbocycles. The van der Waals surface area contributed by atoms with Gasteiger partial charge in [0.2, 0.25) is 0 Å². The lowest BCUT2D eigenvalue weighted by Crippen LogP contribution is -2.16. The minimum Gasteiger partial charge on any atom is -0.455 e. The number of ether oxygens (including phenoxy) is 1. The van der Waals surface area contributed by atoms with Gasteiger partial charge in [-0.3, -0.25) is 4.72 Å². The summed E-state index contributed by atoms with van der Waals surface area (Å²) in [6.45, 7) is 3.89. The van der Waals surface area contributed by atoms with E-state index in [-0.39, 0.29) is 15.9 Å². The molecule has 0 radical (unpaired) electrons. The van der Waals surface area contributed by atoms with Crippen LogP contribution >= 0.6 is 34.5 Å². The van der Waals surface area contributed by atoms with Crippen molar-refractivity contribution in [3.8, 4) is 11.5 Å². The number of halogens is 3. The minimum atomic E-state index is -4.20. The average molecular weight is 518 g/mol. The number of nitrogens with one attached hydrogen (secondary N) is 2. The van der Waals surface area contributed by atoms with Gasteiger partial charge in [-0.15, -0.1) is 11.3 Å². The number of aromatic nitrogens is 1. The summed E-state index contributed by atoms with van der Waals surface area (Å²) in [5.74, 6) is -0.513. The zero-order chi connectivity index (χ0) is 23.1. The fourth-order valence-electron chi connectivity index (χ4n) is 2.91. The van der Waals surface area contributed by atoms with Crippen molar-refractivity contribution >= 4 is 49.7 Å². The Labute approximate surface area is 200 Å². The second kappa shape index (κ2) is 11.3. The fraction of sp³-hybridized carbons (Fsp3) is 0.286. The van der Waals surface area contributed by atoms with Gasteiger partial charge in [-0.25, -0.2) is 17.8 Å². The van der Waals surface area contributed by atoms with Crippen molar-refractivity contribution in [3.05, 3.63) is 63.3 Å². The first kappa shape index (κ1) is 24.7. The van der Waals surface area contributed by atoms with Crippen LogP contribution in [0.3, 0.4) is 0 Å². The van der Waals surface area contributed by atoms with Crippen molar-refractivity contribution in [1.29, 1.82) is 0 Å². The van der Waals surface area contributed by atoms with Gasteiger partial charge in [-0.2, -0.15) is 0 Å². The quantitative estimate of drug-likeness (QED) is 0.299. The lowest BCUT2D eigenvalue weighted by atomic mass is 10.1. The van der Waals surface area contributed by atoms with Crippen molar-refractivity contribution < 1.29 is 17.5 Å². The minimum absolute atomic E-state index is 0.00467. The van der Waals surface area contributed by atoms with E-state index >= 15 is 0 Å². The Kier molecular flexibility index (Phi) is 8.72. The molecule has 0 unspecified atom stereocenters. The summed E-state index contributed by atoms with van der Waals surface area (Å²) >= 11 is 13.5. The molecule has 3 rings (SSSR count). The van der Waals surface area contributed by atoms with E-state index in [0.717, 1.165) is 55.0 Å². The standard InChI is InChI=1S/C21H22Cl2FN3O3S2/c1-2-7-25-8-3-4-14-11-15(22)5-6-18(14)30-19-13-17(24)20(12-16(19)23)32(28,29)27-21-26-9-10-31-21/h5-6,9-13,25H,2-4,7-8H2,1H3,(H,26,27). The number of benzene rings is 2. The number of aryl methyl sites for hydroxylation is 1. The third-order valence-electron chi connectivity index (χ3n) is 4.40. The van der Waals surface area contributed by atoms with E-state index in [9.17, 15) is 12.8 Å². The maximum absolute atomic E-state index is 14.7. The van der Waals surface area contributed by atoms with Gasteiger partial charge in [0.05, 0.1) is 5.02 Å². The van der Waals surface area contributed by atoms with Crippen LogP contribution in [0.4, 0.5) is 9.52 Å². The van der Waals surface area contributed by atoms with Gasteiger partial charge in [-0.1, -0.05) is 30.1 Å². The maximum Gasteiger partial charge on any atom is 0.266 e. The van der Waals surface area contributed by atoms with Crippen LogP contribution < -0.4 is 14.8 Å². The molecule has 0 spiro atoms. The Morgan fingerprint density at radius 2 is 1.97 bits per heavy atom. The van der Waals surface area contributed by atoms with Crippen molar-refractivity contribution in [2.45, 2.75) is 31.1 Å². The lowest BCUT2D eigenvalue weighted by Gasteiger charge is -2.14. The summed E-state index contributed by atoms with van der Waals surface area (Å²) in [4.78, 5) is 3.25. The molecule has 2 aromatic carbocycles. The van der Waals surface area contributed by atoms with Gasteiger partial charge >= 0.3 is 0 Å². The van der Waals surface area contributed by atoms with Gasteiger partial charge in [0, 0.05) is 22.7 Å². The molecular formula is C21H22Cl2FN3O3S2. The fourth-order valence-corrected chi connectivity index (χ4v) is 5.24. The average Bonchev–Trinajstić information content (AvgIpc) is 3.24. The van der Waals surface area contributed by atoms with E-state index in [1.165, 1.54) is 6.20 Å². The second-order valence-corrected chi connectivity index (χ2v) is 10.3. The highest BCUT2D eigenvalue weighted by Gasteiger charge is 2.23. The summed E-state index contributed by atoms with van der Waals surface area (Å²) in [5, 5.41) is 5.57. The number of nitrogens with zero attached hydrogens (tertiary/aromatic N) is 1. The number of rotatable bonds is 11. The number of hydrogen-bond donors (Lipinski definition) is 2. The van der Waals surface area contributed by atoms with Crippen LogP contribution in [0, 0.1) is 5.82 Å². The van der Waals surface area contributed by atoms with Gasteiger partial charge in [-0.05, 0) is 62.2 Å². The van der Waals surface area contributed by atoms with Crippen molar-refractivity contribution in [2.75, 3.05) is 17.8 Å². The Morgan fingerprint density at radius 1 is 1.16 bits per heavy atom. The predicted octanol–water partition coefficient (Wildman–Crippen LogP) is 6.11. The Balaban J connectivity index is 1.80.